The van der Waals surface area contributed by atoms with Crippen molar-refractivity contribution in [3.63, 3.8) is 0 Å². The molecule has 2 aromatic heterocycles. The van der Waals surface area contributed by atoms with E-state index in [1.165, 1.54) is 25.9 Å². The standard InChI is InChI=1S/C17H19N5O4/c1-22-12(18)7-9(13-15(22)20-17(19)21-16(13)23)8-5-10(24-2)14(26-4)11(6-8)25-3/h5-7,18H,1-4H3,(H3,19,20,21,23). The molecule has 3 rings (SSSR count). The summed E-state index contributed by atoms with van der Waals surface area (Å²) in [5.41, 5.74) is 6.87. The zero-order valence-corrected chi connectivity index (χ0v) is 14.8. The molecule has 0 unspecified atom stereocenters. The van der Waals surface area contributed by atoms with Crippen LogP contribution in [-0.4, -0.2) is 35.9 Å². The zero-order chi connectivity index (χ0) is 19.0. The van der Waals surface area contributed by atoms with Crippen molar-refractivity contribution in [2.45, 2.75) is 0 Å². The third-order valence-electron chi connectivity index (χ3n) is 4.12. The van der Waals surface area contributed by atoms with E-state index in [4.69, 9.17) is 25.4 Å². The highest BCUT2D eigenvalue weighted by atomic mass is 16.5. The number of nitrogen functional groups attached to an aromatic ring is 1. The van der Waals surface area contributed by atoms with E-state index >= 15 is 0 Å². The molecule has 0 amide bonds. The summed E-state index contributed by atoms with van der Waals surface area (Å²) in [4.78, 5) is 19.2. The molecule has 3 aromatic rings. The van der Waals surface area contributed by atoms with Crippen LogP contribution in [0.5, 0.6) is 17.2 Å². The van der Waals surface area contributed by atoms with Crippen molar-refractivity contribution in [3.8, 4) is 28.4 Å². The summed E-state index contributed by atoms with van der Waals surface area (Å²) in [6, 6.07) is 5.01. The summed E-state index contributed by atoms with van der Waals surface area (Å²) in [7, 11) is 6.18. The van der Waals surface area contributed by atoms with Crippen molar-refractivity contribution >= 4 is 17.0 Å². The monoisotopic (exact) mass is 357 g/mol. The van der Waals surface area contributed by atoms with E-state index in [9.17, 15) is 4.79 Å². The average Bonchev–Trinajstić information content (AvgIpc) is 2.63. The first kappa shape index (κ1) is 17.3. The van der Waals surface area contributed by atoms with Gasteiger partial charge in [0.2, 0.25) is 11.7 Å². The maximum Gasteiger partial charge on any atom is 0.262 e. The van der Waals surface area contributed by atoms with Crippen LogP contribution in [-0.2, 0) is 7.05 Å². The van der Waals surface area contributed by atoms with Crippen LogP contribution in [0.4, 0.5) is 5.95 Å². The lowest BCUT2D eigenvalue weighted by atomic mass is 10.0. The lowest BCUT2D eigenvalue weighted by Crippen LogP contribution is -2.22. The fourth-order valence-electron chi connectivity index (χ4n) is 2.85. The molecule has 0 aliphatic carbocycles. The van der Waals surface area contributed by atoms with Crippen LogP contribution in [0.15, 0.2) is 23.0 Å². The van der Waals surface area contributed by atoms with Gasteiger partial charge in [0.25, 0.3) is 5.56 Å². The number of anilines is 1. The normalized spacial score (nSPS) is 10.8. The molecule has 26 heavy (non-hydrogen) atoms. The molecule has 0 saturated carbocycles. The maximum absolute atomic E-state index is 12.6. The molecule has 0 radical (unpaired) electrons. The topological polar surface area (TPSA) is 128 Å². The molecule has 1 aromatic carbocycles. The van der Waals surface area contributed by atoms with Gasteiger partial charge in [-0.05, 0) is 23.8 Å². The summed E-state index contributed by atoms with van der Waals surface area (Å²) in [5, 5.41) is 8.50. The van der Waals surface area contributed by atoms with Crippen molar-refractivity contribution < 1.29 is 14.2 Å². The van der Waals surface area contributed by atoms with Gasteiger partial charge < -0.3 is 24.5 Å². The molecule has 0 aliphatic rings. The lowest BCUT2D eigenvalue weighted by molar-refractivity contribution is 0.324. The maximum atomic E-state index is 12.6. The number of rotatable bonds is 4. The number of nitrogens with one attached hydrogen (secondary N) is 2. The van der Waals surface area contributed by atoms with Crippen molar-refractivity contribution in [2.24, 2.45) is 7.05 Å². The van der Waals surface area contributed by atoms with Gasteiger partial charge in [-0.15, -0.1) is 0 Å². The second kappa shape index (κ2) is 6.43. The number of H-pyrrole nitrogens is 1. The Kier molecular flexibility index (Phi) is 4.29. The van der Waals surface area contributed by atoms with Crippen LogP contribution in [0.3, 0.4) is 0 Å². The SMILES string of the molecule is COc1cc(-c2cc(=N)n(C)c3nc(N)[nH]c(=O)c23)cc(OC)c1OC. The van der Waals surface area contributed by atoms with Crippen LogP contribution in [0.25, 0.3) is 22.2 Å². The number of aromatic amines is 1. The van der Waals surface area contributed by atoms with Crippen LogP contribution >= 0.6 is 0 Å². The number of pyridine rings is 1. The number of aromatic nitrogens is 3. The van der Waals surface area contributed by atoms with Crippen LogP contribution in [0, 0.1) is 5.41 Å². The third-order valence-corrected chi connectivity index (χ3v) is 4.12. The minimum absolute atomic E-state index is 0.0143. The van der Waals surface area contributed by atoms with E-state index in [0.29, 0.717) is 39.4 Å². The van der Waals surface area contributed by atoms with Crippen LogP contribution in [0.2, 0.25) is 0 Å². The van der Waals surface area contributed by atoms with Crippen LogP contribution in [0.1, 0.15) is 0 Å². The van der Waals surface area contributed by atoms with Crippen LogP contribution < -0.4 is 31.0 Å². The number of fused-ring (bicyclic) bond motifs is 1. The smallest absolute Gasteiger partial charge is 0.262 e. The van der Waals surface area contributed by atoms with Crippen molar-refractivity contribution in [2.75, 3.05) is 27.1 Å². The Labute approximate surface area is 148 Å². The average molecular weight is 357 g/mol. The van der Waals surface area contributed by atoms with E-state index in [1.54, 1.807) is 25.2 Å². The van der Waals surface area contributed by atoms with E-state index in [2.05, 4.69) is 9.97 Å². The fraction of sp³-hybridized carbons (Fsp3) is 0.235. The molecule has 2 heterocycles. The quantitative estimate of drug-likeness (QED) is 0.639. The summed E-state index contributed by atoms with van der Waals surface area (Å²) < 4.78 is 17.6. The number of ether oxygens (including phenoxy) is 3. The first-order valence-corrected chi connectivity index (χ1v) is 7.65. The summed E-state index contributed by atoms with van der Waals surface area (Å²) in [5.74, 6) is 1.30. The molecule has 136 valence electrons. The number of hydrogen-bond donors (Lipinski definition) is 3. The number of aryl methyl sites for hydroxylation is 1. The minimum atomic E-state index is -0.396. The largest absolute Gasteiger partial charge is 0.493 e. The second-order valence-electron chi connectivity index (χ2n) is 5.57. The first-order chi connectivity index (χ1) is 12.4. The van der Waals surface area contributed by atoms with Gasteiger partial charge in [0.05, 0.1) is 26.7 Å². The Bertz CT molecular complexity index is 1090. The molecule has 0 atom stereocenters. The van der Waals surface area contributed by atoms with Crippen molar-refractivity contribution in [3.05, 3.63) is 34.0 Å². The van der Waals surface area contributed by atoms with Gasteiger partial charge in [0.15, 0.2) is 17.1 Å². The Morgan fingerprint density at radius 1 is 1.12 bits per heavy atom. The second-order valence-corrected chi connectivity index (χ2v) is 5.57. The molecule has 4 N–H and O–H groups in total. The van der Waals surface area contributed by atoms with E-state index < -0.39 is 5.56 Å². The fourth-order valence-corrected chi connectivity index (χ4v) is 2.85. The highest BCUT2D eigenvalue weighted by molar-refractivity contribution is 5.93. The zero-order valence-electron chi connectivity index (χ0n) is 14.8. The number of nitrogens with two attached hydrogens (primary N) is 1. The molecule has 0 spiro atoms. The lowest BCUT2D eigenvalue weighted by Gasteiger charge is -2.16. The number of methoxy groups -OCH3 is 3. The molecule has 0 fully saturated rings. The van der Waals surface area contributed by atoms with Crippen molar-refractivity contribution in [1.29, 1.82) is 5.41 Å². The molecule has 0 bridgehead atoms. The van der Waals surface area contributed by atoms with Gasteiger partial charge in [-0.25, -0.2) is 0 Å². The van der Waals surface area contributed by atoms with Gasteiger partial charge >= 0.3 is 0 Å². The minimum Gasteiger partial charge on any atom is -0.493 e. The first-order valence-electron chi connectivity index (χ1n) is 7.65. The summed E-state index contributed by atoms with van der Waals surface area (Å²) >= 11 is 0. The molecule has 9 heteroatoms. The van der Waals surface area contributed by atoms with E-state index in [0.717, 1.165) is 0 Å². The van der Waals surface area contributed by atoms with Gasteiger partial charge in [0.1, 0.15) is 5.49 Å². The Morgan fingerprint density at radius 3 is 2.27 bits per heavy atom. The Balaban J connectivity index is 2.45. The predicted octanol–water partition coefficient (Wildman–Crippen LogP) is 1.02. The van der Waals surface area contributed by atoms with Gasteiger partial charge in [-0.3, -0.25) is 15.2 Å². The highest BCUT2D eigenvalue weighted by Crippen LogP contribution is 2.41. The van der Waals surface area contributed by atoms with Gasteiger partial charge in [-0.2, -0.15) is 4.98 Å². The number of nitrogens with zero attached hydrogens (tertiary/aromatic N) is 2. The summed E-state index contributed by atoms with van der Waals surface area (Å²) in [6.07, 6.45) is 0. The molecule has 0 aliphatic heterocycles. The molecule has 0 saturated heterocycles. The van der Waals surface area contributed by atoms with E-state index in [-0.39, 0.29) is 11.4 Å². The highest BCUT2D eigenvalue weighted by Gasteiger charge is 2.18. The molecular weight excluding hydrogens is 338 g/mol. The third kappa shape index (κ3) is 2.63. The van der Waals surface area contributed by atoms with Gasteiger partial charge in [-0.1, -0.05) is 0 Å². The van der Waals surface area contributed by atoms with E-state index in [1.807, 2.05) is 0 Å². The molecule has 9 nitrogen and oxygen atoms in total. The predicted molar refractivity (Wildman–Crippen MR) is 96.7 cm³/mol. The van der Waals surface area contributed by atoms with Gasteiger partial charge in [0, 0.05) is 12.6 Å². The summed E-state index contributed by atoms with van der Waals surface area (Å²) in [6.45, 7) is 0. The number of hydrogen-bond acceptors (Lipinski definition) is 7. The Morgan fingerprint density at radius 2 is 1.73 bits per heavy atom. The Hall–Kier alpha value is -3.49. The molecular formula is C17H19N5O4. The number of benzene rings is 1. The van der Waals surface area contributed by atoms with Crippen molar-refractivity contribution in [1.82, 2.24) is 14.5 Å².